The van der Waals surface area contributed by atoms with Gasteiger partial charge in [0.25, 0.3) is 5.91 Å². The van der Waals surface area contributed by atoms with Crippen LogP contribution in [-0.4, -0.2) is 44.1 Å². The molecule has 0 saturated heterocycles. The Bertz CT molecular complexity index is 742. The summed E-state index contributed by atoms with van der Waals surface area (Å²) in [6.07, 6.45) is 0. The van der Waals surface area contributed by atoms with Gasteiger partial charge in [0.15, 0.2) is 6.61 Å². The summed E-state index contributed by atoms with van der Waals surface area (Å²) in [5.41, 5.74) is 2.01. The Labute approximate surface area is 153 Å². The number of aryl methyl sites for hydroxylation is 1. The first-order valence-corrected chi connectivity index (χ1v) is 8.19. The number of hydrogen-bond donors (Lipinski definition) is 0. The predicted octanol–water partition coefficient (Wildman–Crippen LogP) is 2.58. The third-order valence-electron chi connectivity index (χ3n) is 3.94. The van der Waals surface area contributed by atoms with Gasteiger partial charge in [0.05, 0.1) is 14.2 Å². The van der Waals surface area contributed by atoms with Crippen LogP contribution in [0.15, 0.2) is 48.5 Å². The molecular weight excluding hydrogens is 334 g/mol. The summed E-state index contributed by atoms with van der Waals surface area (Å²) in [6.45, 7) is 1.97. The standard InChI is InChI=1S/C20H23NO5/c1-15-6-4-5-7-16(15)12-21(13-20(23)25-3)19(22)14-26-18-10-8-17(24-2)9-11-18/h4-11H,12-14H2,1-3H3. The molecule has 0 aromatic heterocycles. The molecule has 0 radical (unpaired) electrons. The summed E-state index contributed by atoms with van der Waals surface area (Å²) in [5.74, 6) is 0.481. The Morgan fingerprint density at radius 3 is 2.23 bits per heavy atom. The highest BCUT2D eigenvalue weighted by atomic mass is 16.5. The number of hydrogen-bond acceptors (Lipinski definition) is 5. The summed E-state index contributed by atoms with van der Waals surface area (Å²) in [7, 11) is 2.88. The first-order valence-electron chi connectivity index (χ1n) is 8.19. The maximum atomic E-state index is 12.6. The molecule has 0 saturated carbocycles. The molecular formula is C20H23NO5. The molecule has 0 bridgehead atoms. The Kier molecular flexibility index (Phi) is 7.02. The van der Waals surface area contributed by atoms with Crippen molar-refractivity contribution in [1.82, 2.24) is 4.90 Å². The summed E-state index contributed by atoms with van der Waals surface area (Å²) in [5, 5.41) is 0. The summed E-state index contributed by atoms with van der Waals surface area (Å²) < 4.78 is 15.3. The maximum absolute atomic E-state index is 12.6. The average molecular weight is 357 g/mol. The van der Waals surface area contributed by atoms with Crippen molar-refractivity contribution < 1.29 is 23.8 Å². The summed E-state index contributed by atoms with van der Waals surface area (Å²) >= 11 is 0. The van der Waals surface area contributed by atoms with Gasteiger partial charge in [-0.25, -0.2) is 0 Å². The van der Waals surface area contributed by atoms with Crippen LogP contribution in [-0.2, 0) is 20.9 Å². The van der Waals surface area contributed by atoms with Crippen LogP contribution >= 0.6 is 0 Å². The largest absolute Gasteiger partial charge is 0.497 e. The molecule has 138 valence electrons. The second kappa shape index (κ2) is 9.46. The fraction of sp³-hybridized carbons (Fsp3) is 0.300. The van der Waals surface area contributed by atoms with E-state index in [1.807, 2.05) is 31.2 Å². The van der Waals surface area contributed by atoms with Gasteiger partial charge in [0.2, 0.25) is 0 Å². The predicted molar refractivity (Wildman–Crippen MR) is 97.1 cm³/mol. The van der Waals surface area contributed by atoms with Gasteiger partial charge in [-0.15, -0.1) is 0 Å². The minimum Gasteiger partial charge on any atom is -0.497 e. The van der Waals surface area contributed by atoms with E-state index in [0.717, 1.165) is 11.1 Å². The number of amides is 1. The number of rotatable bonds is 8. The van der Waals surface area contributed by atoms with E-state index < -0.39 is 5.97 Å². The van der Waals surface area contributed by atoms with E-state index in [0.29, 0.717) is 18.0 Å². The molecule has 0 aliphatic heterocycles. The van der Waals surface area contributed by atoms with E-state index in [-0.39, 0.29) is 19.1 Å². The third-order valence-corrected chi connectivity index (χ3v) is 3.94. The molecule has 0 aliphatic rings. The van der Waals surface area contributed by atoms with E-state index in [2.05, 4.69) is 0 Å². The van der Waals surface area contributed by atoms with E-state index in [9.17, 15) is 9.59 Å². The summed E-state index contributed by atoms with van der Waals surface area (Å²) in [6, 6.07) is 14.7. The van der Waals surface area contributed by atoms with Crippen molar-refractivity contribution in [2.45, 2.75) is 13.5 Å². The van der Waals surface area contributed by atoms with Gasteiger partial charge in [0.1, 0.15) is 18.0 Å². The molecule has 0 spiro atoms. The van der Waals surface area contributed by atoms with Gasteiger partial charge in [-0.05, 0) is 42.3 Å². The number of benzene rings is 2. The van der Waals surface area contributed by atoms with Crippen molar-refractivity contribution >= 4 is 11.9 Å². The molecule has 2 aromatic rings. The molecule has 0 unspecified atom stereocenters. The zero-order valence-electron chi connectivity index (χ0n) is 15.2. The molecule has 0 heterocycles. The van der Waals surface area contributed by atoms with Gasteiger partial charge in [-0.1, -0.05) is 24.3 Å². The van der Waals surface area contributed by atoms with Crippen LogP contribution in [0, 0.1) is 6.92 Å². The molecule has 0 N–H and O–H groups in total. The van der Waals surface area contributed by atoms with Crippen LogP contribution < -0.4 is 9.47 Å². The monoisotopic (exact) mass is 357 g/mol. The van der Waals surface area contributed by atoms with E-state index in [1.54, 1.807) is 31.4 Å². The lowest BCUT2D eigenvalue weighted by molar-refractivity contribution is -0.148. The highest BCUT2D eigenvalue weighted by molar-refractivity contribution is 5.83. The van der Waals surface area contributed by atoms with Gasteiger partial charge < -0.3 is 19.1 Å². The van der Waals surface area contributed by atoms with Crippen LogP contribution in [0.1, 0.15) is 11.1 Å². The number of methoxy groups -OCH3 is 2. The number of esters is 1. The Balaban J connectivity index is 2.04. The smallest absolute Gasteiger partial charge is 0.325 e. The van der Waals surface area contributed by atoms with Crippen LogP contribution in [0.2, 0.25) is 0 Å². The lowest BCUT2D eigenvalue weighted by atomic mass is 10.1. The van der Waals surface area contributed by atoms with Crippen LogP contribution in [0.4, 0.5) is 0 Å². The fourth-order valence-electron chi connectivity index (χ4n) is 2.35. The summed E-state index contributed by atoms with van der Waals surface area (Å²) in [4.78, 5) is 25.7. The average Bonchev–Trinajstić information content (AvgIpc) is 2.67. The Hall–Kier alpha value is -3.02. The molecule has 0 atom stereocenters. The minimum absolute atomic E-state index is 0.129. The SMILES string of the molecule is COC(=O)CN(Cc1ccccc1C)C(=O)COc1ccc(OC)cc1. The maximum Gasteiger partial charge on any atom is 0.325 e. The van der Waals surface area contributed by atoms with Crippen molar-refractivity contribution in [2.24, 2.45) is 0 Å². The van der Waals surface area contributed by atoms with Crippen LogP contribution in [0.5, 0.6) is 11.5 Å². The lowest BCUT2D eigenvalue weighted by Gasteiger charge is -2.22. The molecule has 2 aromatic carbocycles. The highest BCUT2D eigenvalue weighted by Crippen LogP contribution is 2.17. The topological polar surface area (TPSA) is 65.1 Å². The van der Waals surface area contributed by atoms with E-state index in [1.165, 1.54) is 12.0 Å². The zero-order valence-corrected chi connectivity index (χ0v) is 15.2. The molecule has 6 nitrogen and oxygen atoms in total. The molecule has 26 heavy (non-hydrogen) atoms. The first-order chi connectivity index (χ1) is 12.5. The van der Waals surface area contributed by atoms with Gasteiger partial charge in [-0.2, -0.15) is 0 Å². The van der Waals surface area contributed by atoms with Gasteiger partial charge in [-0.3, -0.25) is 9.59 Å². The molecule has 1 amide bonds. The third kappa shape index (κ3) is 5.51. The number of ether oxygens (including phenoxy) is 3. The molecule has 2 rings (SSSR count). The fourth-order valence-corrected chi connectivity index (χ4v) is 2.35. The second-order valence-electron chi connectivity index (χ2n) is 5.72. The Morgan fingerprint density at radius 1 is 0.962 bits per heavy atom. The molecule has 0 fully saturated rings. The van der Waals surface area contributed by atoms with Gasteiger partial charge >= 0.3 is 5.97 Å². The van der Waals surface area contributed by atoms with Crippen molar-refractivity contribution in [2.75, 3.05) is 27.4 Å². The lowest BCUT2D eigenvalue weighted by Crippen LogP contribution is -2.38. The van der Waals surface area contributed by atoms with Gasteiger partial charge in [0, 0.05) is 6.54 Å². The zero-order chi connectivity index (χ0) is 18.9. The van der Waals surface area contributed by atoms with Crippen molar-refractivity contribution in [3.05, 3.63) is 59.7 Å². The molecule has 0 aliphatic carbocycles. The number of carbonyl (C=O) groups is 2. The Morgan fingerprint density at radius 2 is 1.62 bits per heavy atom. The minimum atomic E-state index is -0.476. The van der Waals surface area contributed by atoms with Crippen molar-refractivity contribution in [1.29, 1.82) is 0 Å². The van der Waals surface area contributed by atoms with Crippen LogP contribution in [0.25, 0.3) is 0 Å². The van der Waals surface area contributed by atoms with Crippen molar-refractivity contribution in [3.63, 3.8) is 0 Å². The highest BCUT2D eigenvalue weighted by Gasteiger charge is 2.19. The normalized spacial score (nSPS) is 10.1. The van der Waals surface area contributed by atoms with Crippen molar-refractivity contribution in [3.8, 4) is 11.5 Å². The van der Waals surface area contributed by atoms with E-state index in [4.69, 9.17) is 14.2 Å². The van der Waals surface area contributed by atoms with Crippen LogP contribution in [0.3, 0.4) is 0 Å². The van der Waals surface area contributed by atoms with E-state index >= 15 is 0 Å². The number of carbonyl (C=O) groups excluding carboxylic acids is 2. The quantitative estimate of drug-likeness (QED) is 0.680. The number of nitrogens with zero attached hydrogens (tertiary/aromatic N) is 1. The molecule has 6 heteroatoms. The second-order valence-corrected chi connectivity index (χ2v) is 5.72. The first kappa shape index (κ1) is 19.3.